The fraction of sp³-hybridized carbons (Fsp3) is 0.0769. The van der Waals surface area contributed by atoms with Gasteiger partial charge in [-0.25, -0.2) is 4.98 Å². The number of aromatic amines is 1. The number of aromatic nitrogens is 3. The Labute approximate surface area is 102 Å². The van der Waals surface area contributed by atoms with Gasteiger partial charge in [0.2, 0.25) is 0 Å². The summed E-state index contributed by atoms with van der Waals surface area (Å²) >= 11 is 0. The van der Waals surface area contributed by atoms with Crippen molar-refractivity contribution in [1.29, 1.82) is 0 Å². The van der Waals surface area contributed by atoms with E-state index in [0.29, 0.717) is 5.69 Å². The average Bonchev–Trinajstić information content (AvgIpc) is 2.74. The van der Waals surface area contributed by atoms with Crippen LogP contribution in [-0.4, -0.2) is 19.6 Å². The van der Waals surface area contributed by atoms with Crippen LogP contribution in [0.2, 0.25) is 0 Å². The van der Waals surface area contributed by atoms with E-state index in [0.717, 1.165) is 16.7 Å². The second-order valence-corrected chi connectivity index (χ2v) is 4.13. The molecular formula is C13H11N3O2. The van der Waals surface area contributed by atoms with Gasteiger partial charge in [-0.05, 0) is 31.2 Å². The van der Waals surface area contributed by atoms with Crippen molar-refractivity contribution < 1.29 is 5.11 Å². The molecule has 0 spiro atoms. The van der Waals surface area contributed by atoms with E-state index in [4.69, 9.17) is 0 Å². The van der Waals surface area contributed by atoms with Crippen LogP contribution in [0, 0.1) is 6.92 Å². The highest BCUT2D eigenvalue weighted by molar-refractivity contribution is 5.76. The topological polar surface area (TPSA) is 70.9 Å². The SMILES string of the molecule is Cc1cc(O)cc(=O)n1-c1ccc2nc[nH]c2c1. The van der Waals surface area contributed by atoms with Crippen LogP contribution in [0.4, 0.5) is 0 Å². The molecule has 3 aromatic rings. The summed E-state index contributed by atoms with van der Waals surface area (Å²) in [5, 5.41) is 9.37. The summed E-state index contributed by atoms with van der Waals surface area (Å²) in [6, 6.07) is 8.28. The lowest BCUT2D eigenvalue weighted by Gasteiger charge is -2.09. The van der Waals surface area contributed by atoms with Gasteiger partial charge in [0, 0.05) is 11.8 Å². The quantitative estimate of drug-likeness (QED) is 0.681. The van der Waals surface area contributed by atoms with Crippen molar-refractivity contribution >= 4 is 11.0 Å². The molecule has 0 amide bonds. The van der Waals surface area contributed by atoms with E-state index >= 15 is 0 Å². The number of pyridine rings is 1. The van der Waals surface area contributed by atoms with Crippen LogP contribution in [-0.2, 0) is 0 Å². The lowest BCUT2D eigenvalue weighted by Crippen LogP contribution is -2.18. The minimum atomic E-state index is -0.258. The maximum atomic E-state index is 11.9. The third kappa shape index (κ3) is 1.57. The fourth-order valence-electron chi connectivity index (χ4n) is 2.08. The predicted octanol–water partition coefficient (Wildman–Crippen LogP) is 1.73. The maximum absolute atomic E-state index is 11.9. The smallest absolute Gasteiger partial charge is 0.258 e. The Morgan fingerprint density at radius 1 is 1.28 bits per heavy atom. The molecule has 0 saturated carbocycles. The van der Waals surface area contributed by atoms with E-state index in [-0.39, 0.29) is 11.3 Å². The molecule has 0 aliphatic rings. The van der Waals surface area contributed by atoms with Crippen LogP contribution < -0.4 is 5.56 Å². The van der Waals surface area contributed by atoms with Gasteiger partial charge in [-0.1, -0.05) is 0 Å². The minimum absolute atomic E-state index is 0.0173. The molecule has 0 saturated heterocycles. The van der Waals surface area contributed by atoms with Crippen molar-refractivity contribution in [3.63, 3.8) is 0 Å². The van der Waals surface area contributed by atoms with E-state index in [2.05, 4.69) is 9.97 Å². The Bertz CT molecular complexity index is 786. The van der Waals surface area contributed by atoms with E-state index in [1.807, 2.05) is 18.2 Å². The van der Waals surface area contributed by atoms with Crippen LogP contribution in [0.15, 0.2) is 41.5 Å². The van der Waals surface area contributed by atoms with Crippen molar-refractivity contribution in [2.24, 2.45) is 0 Å². The number of aryl methyl sites for hydroxylation is 1. The molecular weight excluding hydrogens is 230 g/mol. The summed E-state index contributed by atoms with van der Waals surface area (Å²) in [5.74, 6) is -0.0173. The van der Waals surface area contributed by atoms with Gasteiger partial charge in [-0.15, -0.1) is 0 Å². The molecule has 0 radical (unpaired) electrons. The highest BCUT2D eigenvalue weighted by Crippen LogP contribution is 2.17. The van der Waals surface area contributed by atoms with Crippen molar-refractivity contribution in [3.8, 4) is 11.4 Å². The summed E-state index contributed by atoms with van der Waals surface area (Å²) in [7, 11) is 0. The average molecular weight is 241 g/mol. The number of hydrogen-bond acceptors (Lipinski definition) is 3. The predicted molar refractivity (Wildman–Crippen MR) is 68.1 cm³/mol. The Morgan fingerprint density at radius 3 is 2.89 bits per heavy atom. The van der Waals surface area contributed by atoms with Crippen molar-refractivity contribution in [2.45, 2.75) is 6.92 Å². The molecule has 2 heterocycles. The molecule has 0 aliphatic heterocycles. The number of nitrogens with one attached hydrogen (secondary N) is 1. The minimum Gasteiger partial charge on any atom is -0.508 e. The van der Waals surface area contributed by atoms with Gasteiger partial charge >= 0.3 is 0 Å². The van der Waals surface area contributed by atoms with Crippen molar-refractivity contribution in [3.05, 3.63) is 52.7 Å². The number of hydrogen-bond donors (Lipinski definition) is 2. The van der Waals surface area contributed by atoms with Gasteiger partial charge in [0.15, 0.2) is 0 Å². The molecule has 2 N–H and O–H groups in total. The molecule has 0 aliphatic carbocycles. The van der Waals surface area contributed by atoms with Crippen LogP contribution in [0.5, 0.6) is 5.75 Å². The summed E-state index contributed by atoms with van der Waals surface area (Å²) < 4.78 is 1.54. The van der Waals surface area contributed by atoms with Crippen LogP contribution in [0.3, 0.4) is 0 Å². The van der Waals surface area contributed by atoms with E-state index in [1.165, 1.54) is 6.07 Å². The second-order valence-electron chi connectivity index (χ2n) is 4.13. The Morgan fingerprint density at radius 2 is 2.11 bits per heavy atom. The van der Waals surface area contributed by atoms with Crippen molar-refractivity contribution in [2.75, 3.05) is 0 Å². The zero-order chi connectivity index (χ0) is 12.7. The number of H-pyrrole nitrogens is 1. The van der Waals surface area contributed by atoms with E-state index < -0.39 is 0 Å². The van der Waals surface area contributed by atoms with Gasteiger partial charge in [-0.2, -0.15) is 0 Å². The van der Waals surface area contributed by atoms with Gasteiger partial charge in [0.25, 0.3) is 5.56 Å². The molecule has 3 rings (SSSR count). The molecule has 5 nitrogen and oxygen atoms in total. The van der Waals surface area contributed by atoms with Gasteiger partial charge in [-0.3, -0.25) is 9.36 Å². The van der Waals surface area contributed by atoms with Crippen LogP contribution >= 0.6 is 0 Å². The summed E-state index contributed by atoms with van der Waals surface area (Å²) in [5.41, 5.74) is 2.88. The first-order valence-electron chi connectivity index (χ1n) is 5.51. The molecule has 0 atom stereocenters. The standard InChI is InChI=1S/C13H11N3O2/c1-8-4-10(17)6-13(18)16(8)9-2-3-11-12(5-9)15-7-14-11/h2-7,17H,1H3,(H,14,15). The number of fused-ring (bicyclic) bond motifs is 1. The van der Waals surface area contributed by atoms with Crippen LogP contribution in [0.1, 0.15) is 5.69 Å². The molecule has 0 fully saturated rings. The molecule has 18 heavy (non-hydrogen) atoms. The summed E-state index contributed by atoms with van der Waals surface area (Å²) in [6.45, 7) is 1.78. The Hall–Kier alpha value is -2.56. The van der Waals surface area contributed by atoms with E-state index in [9.17, 15) is 9.90 Å². The number of rotatable bonds is 1. The van der Waals surface area contributed by atoms with Crippen LogP contribution in [0.25, 0.3) is 16.7 Å². The summed E-state index contributed by atoms with van der Waals surface area (Å²) in [6.07, 6.45) is 1.61. The third-order valence-corrected chi connectivity index (χ3v) is 2.86. The zero-order valence-corrected chi connectivity index (χ0v) is 9.71. The van der Waals surface area contributed by atoms with Gasteiger partial charge in [0.05, 0.1) is 23.0 Å². The second kappa shape index (κ2) is 3.73. The van der Waals surface area contributed by atoms with E-state index in [1.54, 1.807) is 23.9 Å². The highest BCUT2D eigenvalue weighted by atomic mass is 16.3. The number of benzene rings is 1. The third-order valence-electron chi connectivity index (χ3n) is 2.86. The first-order chi connectivity index (χ1) is 8.65. The first kappa shape index (κ1) is 10.6. The molecule has 0 bridgehead atoms. The lowest BCUT2D eigenvalue weighted by molar-refractivity contribution is 0.472. The van der Waals surface area contributed by atoms with Gasteiger partial charge in [0.1, 0.15) is 5.75 Å². The highest BCUT2D eigenvalue weighted by Gasteiger charge is 2.06. The van der Waals surface area contributed by atoms with Gasteiger partial charge < -0.3 is 10.1 Å². The number of imidazole rings is 1. The largest absolute Gasteiger partial charge is 0.508 e. The normalized spacial score (nSPS) is 10.9. The first-order valence-corrected chi connectivity index (χ1v) is 5.51. The Kier molecular flexibility index (Phi) is 2.19. The zero-order valence-electron chi connectivity index (χ0n) is 9.71. The summed E-state index contributed by atoms with van der Waals surface area (Å²) in [4.78, 5) is 19.0. The lowest BCUT2D eigenvalue weighted by atomic mass is 10.2. The molecule has 5 heteroatoms. The maximum Gasteiger partial charge on any atom is 0.258 e. The monoisotopic (exact) mass is 241 g/mol. The number of nitrogens with zero attached hydrogens (tertiary/aromatic N) is 2. The molecule has 1 aromatic carbocycles. The molecule has 0 unspecified atom stereocenters. The Balaban J connectivity index is 2.28. The van der Waals surface area contributed by atoms with Crippen molar-refractivity contribution in [1.82, 2.24) is 14.5 Å². The fourth-order valence-corrected chi connectivity index (χ4v) is 2.08. The molecule has 2 aromatic heterocycles. The number of aromatic hydroxyl groups is 1. The molecule has 90 valence electrons.